The van der Waals surface area contributed by atoms with Gasteiger partial charge in [-0.3, -0.25) is 0 Å². The average molecular weight is 230 g/mol. The summed E-state index contributed by atoms with van der Waals surface area (Å²) in [7, 11) is 0. The Morgan fingerprint density at radius 1 is 1.07 bits per heavy atom. The number of thioether (sulfide) groups is 2. The lowest BCUT2D eigenvalue weighted by Crippen LogP contribution is -2.21. The minimum atomic E-state index is 0.355. The van der Waals surface area contributed by atoms with Crippen molar-refractivity contribution in [3.8, 4) is 0 Å². The maximum atomic E-state index is 9.89. The van der Waals surface area contributed by atoms with Crippen LogP contribution >= 0.6 is 23.5 Å². The first-order chi connectivity index (χ1) is 6.86. The minimum Gasteiger partial charge on any atom is -0.211 e. The van der Waals surface area contributed by atoms with E-state index >= 15 is 0 Å². The molecule has 6 heteroatoms. The summed E-state index contributed by atoms with van der Waals surface area (Å²) >= 11 is 3.52. The first-order valence-electron chi connectivity index (χ1n) is 4.17. The molecule has 1 aliphatic rings. The van der Waals surface area contributed by atoms with Crippen LogP contribution in [0.5, 0.6) is 0 Å². The van der Waals surface area contributed by atoms with Gasteiger partial charge in [0.25, 0.3) is 0 Å². The van der Waals surface area contributed by atoms with Crippen molar-refractivity contribution in [1.29, 1.82) is 0 Å². The van der Waals surface area contributed by atoms with Crippen molar-refractivity contribution >= 4 is 35.7 Å². The zero-order valence-electron chi connectivity index (χ0n) is 7.51. The summed E-state index contributed by atoms with van der Waals surface area (Å²) in [5, 5.41) is 0. The van der Waals surface area contributed by atoms with Crippen molar-refractivity contribution in [1.82, 2.24) is 0 Å². The van der Waals surface area contributed by atoms with E-state index in [1.54, 1.807) is 29.6 Å². The smallest absolute Gasteiger partial charge is 0.211 e. The Bertz CT molecular complexity index is 237. The van der Waals surface area contributed by atoms with E-state index in [0.717, 1.165) is 11.5 Å². The fourth-order valence-electron chi connectivity index (χ4n) is 1.07. The van der Waals surface area contributed by atoms with Gasteiger partial charge in [-0.2, -0.15) is 0 Å². The normalized spacial score (nSPS) is 26.0. The van der Waals surface area contributed by atoms with E-state index in [0.29, 0.717) is 23.6 Å². The molecule has 0 aromatic rings. The number of hydrogen-bond acceptors (Lipinski definition) is 6. The predicted octanol–water partition coefficient (Wildman–Crippen LogP) is 1.08. The zero-order chi connectivity index (χ0) is 10.2. The topological polar surface area (TPSA) is 58.9 Å². The fraction of sp³-hybridized carbons (Fsp3) is 0.750. The highest BCUT2D eigenvalue weighted by atomic mass is 32.2. The molecule has 0 amide bonds. The Morgan fingerprint density at radius 3 is 2.21 bits per heavy atom. The minimum absolute atomic E-state index is 0.355. The quantitative estimate of drug-likeness (QED) is 0.535. The number of carbonyl (C=O) groups excluding carboxylic acids is 2. The van der Waals surface area contributed by atoms with Gasteiger partial charge in [0.05, 0.1) is 17.7 Å². The predicted molar refractivity (Wildman–Crippen MR) is 58.2 cm³/mol. The van der Waals surface area contributed by atoms with Crippen LogP contribution in [-0.4, -0.2) is 41.3 Å². The van der Waals surface area contributed by atoms with E-state index in [1.165, 1.54) is 6.08 Å². The summed E-state index contributed by atoms with van der Waals surface area (Å²) in [5.74, 6) is 2.39. The average Bonchev–Trinajstić information content (AvgIpc) is 2.25. The molecule has 0 unspecified atom stereocenters. The SMILES string of the molecule is O=C=NCC1CSC(CN=C=O)SC1. The molecule has 0 N–H and O–H groups in total. The molecule has 1 heterocycles. The van der Waals surface area contributed by atoms with Gasteiger partial charge in [0.15, 0.2) is 0 Å². The number of hydrogen-bond donors (Lipinski definition) is 0. The van der Waals surface area contributed by atoms with Gasteiger partial charge in [-0.05, 0) is 17.4 Å². The second kappa shape index (κ2) is 6.85. The van der Waals surface area contributed by atoms with Gasteiger partial charge in [0, 0.05) is 0 Å². The van der Waals surface area contributed by atoms with Crippen LogP contribution in [0.2, 0.25) is 0 Å². The fourth-order valence-corrected chi connectivity index (χ4v) is 3.86. The van der Waals surface area contributed by atoms with E-state index in [-0.39, 0.29) is 0 Å². The van der Waals surface area contributed by atoms with Crippen molar-refractivity contribution in [3.05, 3.63) is 0 Å². The van der Waals surface area contributed by atoms with Crippen molar-refractivity contribution in [2.75, 3.05) is 24.6 Å². The van der Waals surface area contributed by atoms with E-state index in [2.05, 4.69) is 9.98 Å². The molecule has 0 aromatic carbocycles. The molecule has 0 bridgehead atoms. The van der Waals surface area contributed by atoms with Gasteiger partial charge < -0.3 is 0 Å². The number of rotatable bonds is 4. The molecule has 76 valence electrons. The van der Waals surface area contributed by atoms with Gasteiger partial charge >= 0.3 is 0 Å². The van der Waals surface area contributed by atoms with Crippen LogP contribution in [0.3, 0.4) is 0 Å². The third-order valence-corrected chi connectivity index (χ3v) is 4.94. The summed E-state index contributed by atoms with van der Waals surface area (Å²) in [6.45, 7) is 1.09. The van der Waals surface area contributed by atoms with Crippen molar-refractivity contribution in [2.45, 2.75) is 4.58 Å². The van der Waals surface area contributed by atoms with E-state index < -0.39 is 0 Å². The van der Waals surface area contributed by atoms with Crippen LogP contribution in [0.15, 0.2) is 9.98 Å². The molecule has 0 spiro atoms. The van der Waals surface area contributed by atoms with E-state index in [4.69, 9.17) is 0 Å². The summed E-state index contributed by atoms with van der Waals surface area (Å²) in [6.07, 6.45) is 3.09. The van der Waals surface area contributed by atoms with Crippen molar-refractivity contribution in [2.24, 2.45) is 15.9 Å². The van der Waals surface area contributed by atoms with Crippen LogP contribution in [0.1, 0.15) is 0 Å². The third kappa shape index (κ3) is 4.11. The summed E-state index contributed by atoms with van der Waals surface area (Å²) in [4.78, 5) is 26.9. The highest BCUT2D eigenvalue weighted by molar-refractivity contribution is 8.17. The Morgan fingerprint density at radius 2 is 1.64 bits per heavy atom. The molecule has 0 saturated carbocycles. The Kier molecular flexibility index (Phi) is 5.64. The standard InChI is InChI=1S/C8H10N2O2S2/c11-5-9-1-7-3-13-8(14-4-7)2-10-6-12/h7-8H,1-4H2. The maximum Gasteiger partial charge on any atom is 0.235 e. The van der Waals surface area contributed by atoms with Crippen LogP contribution in [0.25, 0.3) is 0 Å². The van der Waals surface area contributed by atoms with Gasteiger partial charge in [-0.25, -0.2) is 19.6 Å². The van der Waals surface area contributed by atoms with Gasteiger partial charge in [-0.1, -0.05) is 0 Å². The third-order valence-electron chi connectivity index (χ3n) is 1.75. The zero-order valence-corrected chi connectivity index (χ0v) is 9.14. The Labute approximate surface area is 90.6 Å². The number of aliphatic imine (C=N–C) groups is 2. The van der Waals surface area contributed by atoms with E-state index in [1.807, 2.05) is 0 Å². The van der Waals surface area contributed by atoms with Crippen molar-refractivity contribution < 1.29 is 9.59 Å². The molecule has 1 fully saturated rings. The Balaban J connectivity index is 2.23. The van der Waals surface area contributed by atoms with Crippen molar-refractivity contribution in [3.63, 3.8) is 0 Å². The molecule has 1 aliphatic heterocycles. The maximum absolute atomic E-state index is 9.89. The largest absolute Gasteiger partial charge is 0.235 e. The molecule has 0 atom stereocenters. The van der Waals surface area contributed by atoms with Gasteiger partial charge in [-0.15, -0.1) is 23.5 Å². The molecular formula is C8H10N2O2S2. The summed E-state index contributed by atoms with van der Waals surface area (Å²) in [5.41, 5.74) is 0. The second-order valence-electron chi connectivity index (χ2n) is 2.83. The van der Waals surface area contributed by atoms with Gasteiger partial charge in [0.1, 0.15) is 0 Å². The first-order valence-corrected chi connectivity index (χ1v) is 6.27. The monoisotopic (exact) mass is 230 g/mol. The molecule has 1 rings (SSSR count). The molecule has 0 aliphatic carbocycles. The molecule has 0 aromatic heterocycles. The van der Waals surface area contributed by atoms with Gasteiger partial charge in [0.2, 0.25) is 12.2 Å². The highest BCUT2D eigenvalue weighted by Crippen LogP contribution is 2.33. The highest BCUT2D eigenvalue weighted by Gasteiger charge is 2.21. The Hall–Kier alpha value is -0.540. The van der Waals surface area contributed by atoms with Crippen LogP contribution < -0.4 is 0 Å². The lowest BCUT2D eigenvalue weighted by molar-refractivity contribution is 0.558. The van der Waals surface area contributed by atoms with E-state index in [9.17, 15) is 9.59 Å². The second-order valence-corrected chi connectivity index (χ2v) is 5.60. The first kappa shape index (κ1) is 11.5. The lowest BCUT2D eigenvalue weighted by Gasteiger charge is -2.24. The molecule has 1 saturated heterocycles. The summed E-state index contributed by atoms with van der Waals surface area (Å²) in [6, 6.07) is 0. The molecule has 4 nitrogen and oxygen atoms in total. The van der Waals surface area contributed by atoms with Crippen LogP contribution in [-0.2, 0) is 9.59 Å². The molecular weight excluding hydrogens is 220 g/mol. The molecule has 14 heavy (non-hydrogen) atoms. The molecule has 0 radical (unpaired) electrons. The number of isocyanates is 2. The summed E-state index contributed by atoms with van der Waals surface area (Å²) < 4.78 is 0.355. The van der Waals surface area contributed by atoms with Crippen LogP contribution in [0.4, 0.5) is 0 Å². The van der Waals surface area contributed by atoms with Crippen LogP contribution in [0, 0.1) is 5.92 Å². The lowest BCUT2D eigenvalue weighted by atomic mass is 10.2. The number of nitrogens with zero attached hydrogens (tertiary/aromatic N) is 2.